The van der Waals surface area contributed by atoms with Gasteiger partial charge in [0, 0.05) is 19.0 Å². The van der Waals surface area contributed by atoms with Crippen LogP contribution in [0.2, 0.25) is 0 Å². The zero-order chi connectivity index (χ0) is 13.3. The number of nitrogens with zero attached hydrogens (tertiary/aromatic N) is 1. The number of hydrogen-bond acceptors (Lipinski definition) is 3. The van der Waals surface area contributed by atoms with Gasteiger partial charge in [0.15, 0.2) is 11.5 Å². The van der Waals surface area contributed by atoms with E-state index >= 15 is 0 Å². The van der Waals surface area contributed by atoms with Crippen LogP contribution in [-0.4, -0.2) is 29.6 Å². The highest BCUT2D eigenvalue weighted by Crippen LogP contribution is 2.41. The van der Waals surface area contributed by atoms with Crippen LogP contribution >= 0.6 is 11.6 Å². The molecule has 1 aliphatic heterocycles. The number of hydrogen-bond donors (Lipinski definition) is 0. The molecule has 0 atom stereocenters. The number of rotatable bonds is 2. The molecule has 0 saturated carbocycles. The smallest absolute Gasteiger partial charge is 0.416 e. The van der Waals surface area contributed by atoms with Crippen molar-refractivity contribution < 1.29 is 14.3 Å². The maximum atomic E-state index is 11.7. The molecule has 1 aromatic carbocycles. The van der Waals surface area contributed by atoms with Gasteiger partial charge in [0.2, 0.25) is 0 Å². The molecule has 0 spiro atoms. The minimum atomic E-state index is -0.494. The van der Waals surface area contributed by atoms with E-state index in [2.05, 4.69) is 0 Å². The molecule has 18 heavy (non-hydrogen) atoms. The number of halogens is 1. The summed E-state index contributed by atoms with van der Waals surface area (Å²) in [6.07, 6.45) is 0.311. The fourth-order valence-corrected chi connectivity index (χ4v) is 1.99. The zero-order valence-electron chi connectivity index (χ0n) is 10.7. The highest BCUT2D eigenvalue weighted by molar-refractivity contribution is 6.18. The van der Waals surface area contributed by atoms with Crippen molar-refractivity contribution in [1.29, 1.82) is 0 Å². The maximum Gasteiger partial charge on any atom is 0.416 e. The SMILES string of the molecule is CN(CCl)C(=O)Oc1cccc2c1OC(C)(C)C2. The average molecular weight is 270 g/mol. The van der Waals surface area contributed by atoms with Crippen molar-refractivity contribution in [2.75, 3.05) is 13.1 Å². The largest absolute Gasteiger partial charge is 0.483 e. The Labute approximate surface area is 111 Å². The zero-order valence-corrected chi connectivity index (χ0v) is 11.5. The molecule has 1 amide bonds. The van der Waals surface area contributed by atoms with Crippen LogP contribution in [0.25, 0.3) is 0 Å². The fourth-order valence-electron chi connectivity index (χ4n) is 1.89. The van der Waals surface area contributed by atoms with Gasteiger partial charge < -0.3 is 9.47 Å². The molecule has 0 saturated heterocycles. The molecular formula is C13H16ClNO3. The highest BCUT2D eigenvalue weighted by Gasteiger charge is 2.32. The Morgan fingerprint density at radius 2 is 2.28 bits per heavy atom. The fraction of sp³-hybridized carbons (Fsp3) is 0.462. The molecule has 2 rings (SSSR count). The van der Waals surface area contributed by atoms with Crippen LogP contribution in [0.5, 0.6) is 11.5 Å². The Morgan fingerprint density at radius 3 is 2.94 bits per heavy atom. The van der Waals surface area contributed by atoms with Gasteiger partial charge in [0.25, 0.3) is 0 Å². The van der Waals surface area contributed by atoms with E-state index in [0.29, 0.717) is 11.5 Å². The summed E-state index contributed by atoms with van der Waals surface area (Å²) in [6, 6.07) is 5.64. The van der Waals surface area contributed by atoms with Crippen molar-refractivity contribution in [3.63, 3.8) is 0 Å². The van der Waals surface area contributed by atoms with E-state index in [1.807, 2.05) is 26.0 Å². The molecule has 98 valence electrons. The van der Waals surface area contributed by atoms with Gasteiger partial charge in [0.05, 0.1) is 6.00 Å². The van der Waals surface area contributed by atoms with E-state index in [4.69, 9.17) is 21.1 Å². The van der Waals surface area contributed by atoms with Gasteiger partial charge in [-0.2, -0.15) is 0 Å². The second kappa shape index (κ2) is 4.69. The summed E-state index contributed by atoms with van der Waals surface area (Å²) in [6.45, 7) is 4.01. The highest BCUT2D eigenvalue weighted by atomic mass is 35.5. The lowest BCUT2D eigenvalue weighted by Crippen LogP contribution is -2.28. The average Bonchev–Trinajstić information content (AvgIpc) is 2.63. The van der Waals surface area contributed by atoms with Crippen LogP contribution in [-0.2, 0) is 6.42 Å². The van der Waals surface area contributed by atoms with Gasteiger partial charge in [-0.3, -0.25) is 4.90 Å². The predicted octanol–water partition coefficient (Wildman–Crippen LogP) is 3.03. The minimum absolute atomic E-state index is 0.0835. The van der Waals surface area contributed by atoms with E-state index in [1.54, 1.807) is 13.1 Å². The molecule has 1 aliphatic rings. The van der Waals surface area contributed by atoms with Gasteiger partial charge in [-0.15, -0.1) is 11.6 Å². The molecule has 5 heteroatoms. The Bertz CT molecular complexity index is 473. The third-order valence-corrected chi connectivity index (χ3v) is 3.10. The first kappa shape index (κ1) is 13.0. The van der Waals surface area contributed by atoms with Crippen molar-refractivity contribution in [1.82, 2.24) is 4.90 Å². The topological polar surface area (TPSA) is 38.8 Å². The summed E-state index contributed by atoms with van der Waals surface area (Å²) in [7, 11) is 1.57. The van der Waals surface area contributed by atoms with Crippen LogP contribution < -0.4 is 9.47 Å². The van der Waals surface area contributed by atoms with Crippen LogP contribution in [0.15, 0.2) is 18.2 Å². The van der Waals surface area contributed by atoms with E-state index in [9.17, 15) is 4.79 Å². The summed E-state index contributed by atoms with van der Waals surface area (Å²) in [5.41, 5.74) is 0.794. The van der Waals surface area contributed by atoms with Crippen LogP contribution in [0, 0.1) is 0 Å². The monoisotopic (exact) mass is 269 g/mol. The van der Waals surface area contributed by atoms with Crippen molar-refractivity contribution >= 4 is 17.7 Å². The van der Waals surface area contributed by atoms with E-state index < -0.39 is 6.09 Å². The molecule has 0 N–H and O–H groups in total. The Kier molecular flexibility index (Phi) is 3.39. The first-order valence-corrected chi connectivity index (χ1v) is 6.26. The molecule has 0 aromatic heterocycles. The second-order valence-electron chi connectivity index (χ2n) is 4.97. The summed E-state index contributed by atoms with van der Waals surface area (Å²) >= 11 is 5.57. The summed E-state index contributed by atoms with van der Waals surface area (Å²) in [5.74, 6) is 1.10. The molecule has 1 heterocycles. The van der Waals surface area contributed by atoms with E-state index in [-0.39, 0.29) is 11.6 Å². The molecular weight excluding hydrogens is 254 g/mol. The van der Waals surface area contributed by atoms with Crippen molar-refractivity contribution in [2.45, 2.75) is 25.9 Å². The van der Waals surface area contributed by atoms with Crippen molar-refractivity contribution in [3.8, 4) is 11.5 Å². The standard InChI is InChI=1S/C13H16ClNO3/c1-13(2)7-9-5-4-6-10(11(9)18-13)17-12(16)15(3)8-14/h4-6H,7-8H2,1-3H3. The Hall–Kier alpha value is -1.42. The molecule has 0 fully saturated rings. The molecule has 0 aliphatic carbocycles. The number of carbonyl (C=O) groups excluding carboxylic acids is 1. The Morgan fingerprint density at radius 1 is 1.56 bits per heavy atom. The lowest BCUT2D eigenvalue weighted by atomic mass is 10.0. The lowest BCUT2D eigenvalue weighted by molar-refractivity contribution is 0.130. The Balaban J connectivity index is 2.22. The minimum Gasteiger partial charge on any atom is -0.483 e. The molecule has 0 unspecified atom stereocenters. The molecule has 1 aromatic rings. The van der Waals surface area contributed by atoms with Crippen molar-refractivity contribution in [3.05, 3.63) is 23.8 Å². The maximum absolute atomic E-state index is 11.7. The number of ether oxygens (including phenoxy) is 2. The van der Waals surface area contributed by atoms with Crippen LogP contribution in [0.4, 0.5) is 4.79 Å². The van der Waals surface area contributed by atoms with Crippen LogP contribution in [0.3, 0.4) is 0 Å². The molecule has 0 radical (unpaired) electrons. The van der Waals surface area contributed by atoms with Crippen LogP contribution in [0.1, 0.15) is 19.4 Å². The quantitative estimate of drug-likeness (QED) is 0.612. The summed E-state index contributed by atoms with van der Waals surface area (Å²) in [4.78, 5) is 12.9. The summed E-state index contributed by atoms with van der Waals surface area (Å²) < 4.78 is 11.1. The van der Waals surface area contributed by atoms with E-state index in [0.717, 1.165) is 12.0 Å². The number of fused-ring (bicyclic) bond motifs is 1. The normalized spacial score (nSPS) is 15.8. The third kappa shape index (κ3) is 2.53. The van der Waals surface area contributed by atoms with Gasteiger partial charge in [-0.25, -0.2) is 4.79 Å². The second-order valence-corrected chi connectivity index (χ2v) is 5.21. The van der Waals surface area contributed by atoms with Gasteiger partial charge in [0.1, 0.15) is 5.60 Å². The number of amides is 1. The lowest BCUT2D eigenvalue weighted by Gasteiger charge is -2.18. The third-order valence-electron chi connectivity index (χ3n) is 2.74. The van der Waals surface area contributed by atoms with Gasteiger partial charge >= 0.3 is 6.09 Å². The predicted molar refractivity (Wildman–Crippen MR) is 69.4 cm³/mol. The van der Waals surface area contributed by atoms with Gasteiger partial charge in [-0.05, 0) is 19.9 Å². The molecule has 4 nitrogen and oxygen atoms in total. The number of alkyl halides is 1. The van der Waals surface area contributed by atoms with Gasteiger partial charge in [-0.1, -0.05) is 12.1 Å². The number of para-hydroxylation sites is 1. The number of benzene rings is 1. The first-order valence-electron chi connectivity index (χ1n) is 5.73. The van der Waals surface area contributed by atoms with Crippen molar-refractivity contribution in [2.24, 2.45) is 0 Å². The number of carbonyl (C=O) groups is 1. The molecule has 0 bridgehead atoms. The van der Waals surface area contributed by atoms with E-state index in [1.165, 1.54) is 4.90 Å². The first-order chi connectivity index (χ1) is 8.43. The summed E-state index contributed by atoms with van der Waals surface area (Å²) in [5, 5.41) is 0.